The van der Waals surface area contributed by atoms with Gasteiger partial charge in [-0.2, -0.15) is 8.42 Å². The Morgan fingerprint density at radius 2 is 1.88 bits per heavy atom. The van der Waals surface area contributed by atoms with Crippen LogP contribution in [0.25, 0.3) is 0 Å². The quantitative estimate of drug-likeness (QED) is 0.527. The first-order valence-electron chi connectivity index (χ1n) is 8.16. The molecule has 1 aliphatic heterocycles. The molecule has 2 N–H and O–H groups in total. The summed E-state index contributed by atoms with van der Waals surface area (Å²) in [5.74, 6) is 1.19. The SMILES string of the molecule is CCN(CC)CC.O=S(=O)(O)CCCNC1COc2cscc2O1. The van der Waals surface area contributed by atoms with E-state index in [9.17, 15) is 8.42 Å². The highest BCUT2D eigenvalue weighted by atomic mass is 32.2. The summed E-state index contributed by atoms with van der Waals surface area (Å²) in [7, 11) is -3.88. The molecule has 0 fully saturated rings. The average molecular weight is 381 g/mol. The van der Waals surface area contributed by atoms with Gasteiger partial charge < -0.3 is 14.4 Å². The highest BCUT2D eigenvalue weighted by Crippen LogP contribution is 2.34. The fourth-order valence-electron chi connectivity index (χ4n) is 2.11. The van der Waals surface area contributed by atoms with E-state index in [0.29, 0.717) is 25.3 Å². The van der Waals surface area contributed by atoms with Gasteiger partial charge in [-0.1, -0.05) is 20.8 Å². The molecule has 7 nitrogen and oxygen atoms in total. The van der Waals surface area contributed by atoms with Crippen LogP contribution in [0.1, 0.15) is 27.2 Å². The van der Waals surface area contributed by atoms with Crippen LogP contribution in [0.5, 0.6) is 11.5 Å². The van der Waals surface area contributed by atoms with Gasteiger partial charge in [-0.25, -0.2) is 0 Å². The van der Waals surface area contributed by atoms with E-state index in [0.717, 1.165) is 5.75 Å². The molecule has 0 amide bonds. The Morgan fingerprint density at radius 1 is 1.25 bits per heavy atom. The van der Waals surface area contributed by atoms with Crippen molar-refractivity contribution in [1.29, 1.82) is 0 Å². The van der Waals surface area contributed by atoms with Crippen molar-refractivity contribution < 1.29 is 22.4 Å². The lowest BCUT2D eigenvalue weighted by molar-refractivity contribution is 0.0682. The van der Waals surface area contributed by atoms with Crippen LogP contribution >= 0.6 is 11.3 Å². The molecule has 0 radical (unpaired) electrons. The van der Waals surface area contributed by atoms with Gasteiger partial charge in [-0.05, 0) is 32.6 Å². The molecule has 0 spiro atoms. The maximum absolute atomic E-state index is 10.5. The van der Waals surface area contributed by atoms with Crippen molar-refractivity contribution in [2.24, 2.45) is 0 Å². The molecule has 1 aromatic rings. The summed E-state index contributed by atoms with van der Waals surface area (Å²) in [6.45, 7) is 10.9. The van der Waals surface area contributed by atoms with Crippen LogP contribution < -0.4 is 14.8 Å². The number of ether oxygens (including phenoxy) is 2. The second-order valence-corrected chi connectivity index (χ2v) is 7.55. The summed E-state index contributed by atoms with van der Waals surface area (Å²) < 4.78 is 40.5. The molecule has 2 heterocycles. The van der Waals surface area contributed by atoms with Crippen molar-refractivity contribution >= 4 is 21.5 Å². The largest absolute Gasteiger partial charge is 0.483 e. The zero-order valence-corrected chi connectivity index (χ0v) is 16.2. The fraction of sp³-hybridized carbons (Fsp3) is 0.733. The van der Waals surface area contributed by atoms with Crippen molar-refractivity contribution in [3.8, 4) is 11.5 Å². The molecule has 1 aliphatic rings. The highest BCUT2D eigenvalue weighted by molar-refractivity contribution is 7.85. The molecule has 0 bridgehead atoms. The summed E-state index contributed by atoms with van der Waals surface area (Å²) >= 11 is 1.50. The van der Waals surface area contributed by atoms with Gasteiger partial charge in [0.1, 0.15) is 6.61 Å². The van der Waals surface area contributed by atoms with E-state index in [2.05, 4.69) is 31.0 Å². The topological polar surface area (TPSA) is 88.1 Å². The number of rotatable bonds is 8. The number of hydrogen-bond donors (Lipinski definition) is 2. The van der Waals surface area contributed by atoms with Crippen molar-refractivity contribution in [3.05, 3.63) is 10.8 Å². The van der Waals surface area contributed by atoms with Gasteiger partial charge in [0.15, 0.2) is 17.7 Å². The van der Waals surface area contributed by atoms with Gasteiger partial charge in [0.2, 0.25) is 0 Å². The summed E-state index contributed by atoms with van der Waals surface area (Å²) in [4.78, 5) is 2.38. The number of thiophene rings is 1. The van der Waals surface area contributed by atoms with Gasteiger partial charge in [-0.3, -0.25) is 9.87 Å². The first-order valence-corrected chi connectivity index (χ1v) is 10.7. The number of nitrogens with zero attached hydrogens (tertiary/aromatic N) is 1. The lowest BCUT2D eigenvalue weighted by Gasteiger charge is -2.25. The molecular weight excluding hydrogens is 352 g/mol. The molecule has 9 heteroatoms. The minimum absolute atomic E-state index is 0.253. The minimum Gasteiger partial charge on any atom is -0.483 e. The van der Waals surface area contributed by atoms with Crippen molar-refractivity contribution in [3.63, 3.8) is 0 Å². The van der Waals surface area contributed by atoms with Gasteiger partial charge in [0.25, 0.3) is 10.1 Å². The van der Waals surface area contributed by atoms with Crippen LogP contribution in [0.4, 0.5) is 0 Å². The second kappa shape index (κ2) is 10.9. The van der Waals surface area contributed by atoms with Crippen LogP contribution in [0.3, 0.4) is 0 Å². The second-order valence-electron chi connectivity index (χ2n) is 5.23. The van der Waals surface area contributed by atoms with Crippen molar-refractivity contribution in [2.45, 2.75) is 33.4 Å². The zero-order valence-electron chi connectivity index (χ0n) is 14.5. The number of fused-ring (bicyclic) bond motifs is 1. The Labute approximate surface area is 148 Å². The normalized spacial score (nSPS) is 16.6. The number of hydrogen-bond acceptors (Lipinski definition) is 7. The van der Waals surface area contributed by atoms with Gasteiger partial charge in [-0.15, -0.1) is 11.3 Å². The van der Waals surface area contributed by atoms with Crippen molar-refractivity contribution in [2.75, 3.05) is 38.5 Å². The predicted octanol–water partition coefficient (Wildman–Crippen LogP) is 2.06. The van der Waals surface area contributed by atoms with E-state index < -0.39 is 10.1 Å². The van der Waals surface area contributed by atoms with E-state index in [1.807, 2.05) is 10.8 Å². The maximum Gasteiger partial charge on any atom is 0.264 e. The Kier molecular flexibility index (Phi) is 9.60. The molecule has 1 aromatic heterocycles. The predicted molar refractivity (Wildman–Crippen MR) is 96.7 cm³/mol. The monoisotopic (exact) mass is 380 g/mol. The van der Waals surface area contributed by atoms with E-state index in [-0.39, 0.29) is 12.0 Å². The standard InChI is InChI=1S/C9H13NO5S2.C6H15N/c11-17(12,13)3-1-2-10-9-4-14-7-5-16-6-8(7)15-9;1-4-7(5-2)6-3/h5-6,9-10H,1-4H2,(H,11,12,13);4-6H2,1-3H3. The molecule has 2 rings (SSSR count). The summed E-state index contributed by atoms with van der Waals surface area (Å²) in [5, 5.41) is 6.72. The van der Waals surface area contributed by atoms with Gasteiger partial charge in [0.05, 0.1) is 5.75 Å². The molecule has 0 saturated heterocycles. The lowest BCUT2D eigenvalue weighted by atomic mass is 10.4. The first-order chi connectivity index (χ1) is 11.4. The third-order valence-electron chi connectivity index (χ3n) is 3.55. The Morgan fingerprint density at radius 3 is 2.42 bits per heavy atom. The van der Waals surface area contributed by atoms with E-state index in [4.69, 9.17) is 14.0 Å². The van der Waals surface area contributed by atoms with E-state index in [1.165, 1.54) is 31.0 Å². The fourth-order valence-corrected chi connectivity index (χ4v) is 3.29. The number of nitrogens with one attached hydrogen (secondary N) is 1. The van der Waals surface area contributed by atoms with Crippen LogP contribution in [0.2, 0.25) is 0 Å². The third-order valence-corrected chi connectivity index (χ3v) is 5.05. The van der Waals surface area contributed by atoms with Crippen molar-refractivity contribution in [1.82, 2.24) is 10.2 Å². The van der Waals surface area contributed by atoms with Crippen LogP contribution in [0.15, 0.2) is 10.8 Å². The van der Waals surface area contributed by atoms with Crippen LogP contribution in [-0.2, 0) is 10.1 Å². The summed E-state index contributed by atoms with van der Waals surface area (Å²) in [6.07, 6.45) is 0.0494. The first kappa shape index (κ1) is 21.2. The third kappa shape index (κ3) is 8.29. The molecule has 0 aliphatic carbocycles. The zero-order chi connectivity index (χ0) is 18.0. The molecule has 0 saturated carbocycles. The van der Waals surface area contributed by atoms with Crippen LogP contribution in [0, 0.1) is 0 Å². The minimum atomic E-state index is -3.88. The molecule has 0 aromatic carbocycles. The molecule has 140 valence electrons. The van der Waals surface area contributed by atoms with E-state index in [1.54, 1.807) is 0 Å². The van der Waals surface area contributed by atoms with Crippen LogP contribution in [-0.4, -0.2) is 62.6 Å². The Bertz CT molecular complexity index is 552. The molecule has 1 unspecified atom stereocenters. The van der Waals surface area contributed by atoms with E-state index >= 15 is 0 Å². The van der Waals surface area contributed by atoms with Gasteiger partial charge in [0, 0.05) is 10.8 Å². The average Bonchev–Trinajstić information content (AvgIpc) is 3.01. The molecular formula is C15H28N2O5S2. The summed E-state index contributed by atoms with van der Waals surface area (Å²) in [6, 6.07) is 0. The lowest BCUT2D eigenvalue weighted by Crippen LogP contribution is -2.42. The smallest absolute Gasteiger partial charge is 0.264 e. The van der Waals surface area contributed by atoms with Gasteiger partial charge >= 0.3 is 0 Å². The summed E-state index contributed by atoms with van der Waals surface area (Å²) in [5.41, 5.74) is 0. The Balaban J connectivity index is 0.000000351. The highest BCUT2D eigenvalue weighted by Gasteiger charge is 2.20. The maximum atomic E-state index is 10.5. The molecule has 1 atom stereocenters. The molecule has 24 heavy (non-hydrogen) atoms. The Hall–Kier alpha value is -0.870.